The Hall–Kier alpha value is -1.04. The van der Waals surface area contributed by atoms with Gasteiger partial charge in [-0.15, -0.1) is 0 Å². The second kappa shape index (κ2) is 6.93. The van der Waals surface area contributed by atoms with Gasteiger partial charge in [0.2, 0.25) is 0 Å². The lowest BCUT2D eigenvalue weighted by Gasteiger charge is -2.31. The van der Waals surface area contributed by atoms with Crippen LogP contribution in [0.5, 0.6) is 0 Å². The van der Waals surface area contributed by atoms with E-state index in [1.165, 1.54) is 12.1 Å². The Morgan fingerprint density at radius 3 is 2.58 bits per heavy atom. The van der Waals surface area contributed by atoms with E-state index in [0.717, 1.165) is 31.5 Å². The first kappa shape index (κ1) is 14.4. The van der Waals surface area contributed by atoms with Crippen LogP contribution in [0.1, 0.15) is 18.4 Å². The maximum atomic E-state index is 13.1. The quantitative estimate of drug-likeness (QED) is 0.888. The van der Waals surface area contributed by atoms with Gasteiger partial charge in [-0.2, -0.15) is 0 Å². The summed E-state index contributed by atoms with van der Waals surface area (Å²) in [6.45, 7) is 2.80. The molecule has 0 atom stereocenters. The Balaban J connectivity index is 1.80. The molecule has 0 bridgehead atoms. The fourth-order valence-electron chi connectivity index (χ4n) is 2.35. The SMILES string of the molecule is OCCOC1CCN(Cc2ccc(F)c(F)c2)CC1. The molecule has 0 radical (unpaired) electrons. The van der Waals surface area contributed by atoms with E-state index in [1.807, 2.05) is 0 Å². The number of aliphatic hydroxyl groups excluding tert-OH is 1. The minimum absolute atomic E-state index is 0.0507. The summed E-state index contributed by atoms with van der Waals surface area (Å²) in [4.78, 5) is 2.20. The van der Waals surface area contributed by atoms with Crippen LogP contribution in [-0.4, -0.2) is 42.4 Å². The van der Waals surface area contributed by atoms with Gasteiger partial charge in [0.05, 0.1) is 19.3 Å². The Labute approximate surface area is 111 Å². The molecule has 5 heteroatoms. The Kier molecular flexibility index (Phi) is 5.24. The molecule has 19 heavy (non-hydrogen) atoms. The van der Waals surface area contributed by atoms with Crippen molar-refractivity contribution in [3.63, 3.8) is 0 Å². The summed E-state index contributed by atoms with van der Waals surface area (Å²) in [7, 11) is 0. The van der Waals surface area contributed by atoms with Crippen molar-refractivity contribution in [2.45, 2.75) is 25.5 Å². The van der Waals surface area contributed by atoms with Crippen molar-refractivity contribution in [1.82, 2.24) is 4.90 Å². The molecule has 0 amide bonds. The molecule has 1 aliphatic heterocycles. The number of piperidine rings is 1. The molecule has 0 saturated carbocycles. The van der Waals surface area contributed by atoms with Gasteiger partial charge in [-0.05, 0) is 30.5 Å². The third kappa shape index (κ3) is 4.23. The van der Waals surface area contributed by atoms with Crippen LogP contribution in [0.15, 0.2) is 18.2 Å². The topological polar surface area (TPSA) is 32.7 Å². The zero-order chi connectivity index (χ0) is 13.7. The van der Waals surface area contributed by atoms with Crippen molar-refractivity contribution in [3.05, 3.63) is 35.4 Å². The molecule has 0 aromatic heterocycles. The van der Waals surface area contributed by atoms with E-state index in [1.54, 1.807) is 6.07 Å². The molecule has 106 valence electrons. The number of halogens is 2. The predicted molar refractivity (Wildman–Crippen MR) is 67.7 cm³/mol. The Morgan fingerprint density at radius 2 is 1.95 bits per heavy atom. The maximum Gasteiger partial charge on any atom is 0.159 e. The van der Waals surface area contributed by atoms with Crippen LogP contribution in [0.25, 0.3) is 0 Å². The average Bonchev–Trinajstić information content (AvgIpc) is 2.42. The summed E-state index contributed by atoms with van der Waals surface area (Å²) in [6.07, 6.45) is 2.02. The monoisotopic (exact) mass is 271 g/mol. The number of aliphatic hydroxyl groups is 1. The molecule has 2 rings (SSSR count). The van der Waals surface area contributed by atoms with Gasteiger partial charge in [0.1, 0.15) is 0 Å². The first-order valence-corrected chi connectivity index (χ1v) is 6.58. The smallest absolute Gasteiger partial charge is 0.159 e. The van der Waals surface area contributed by atoms with Crippen molar-refractivity contribution < 1.29 is 18.6 Å². The van der Waals surface area contributed by atoms with Gasteiger partial charge in [-0.25, -0.2) is 8.78 Å². The number of hydrogen-bond acceptors (Lipinski definition) is 3. The fourth-order valence-corrected chi connectivity index (χ4v) is 2.35. The molecule has 1 fully saturated rings. The zero-order valence-corrected chi connectivity index (χ0v) is 10.8. The molecule has 3 nitrogen and oxygen atoms in total. The van der Waals surface area contributed by atoms with Gasteiger partial charge in [-0.1, -0.05) is 6.07 Å². The molecule has 0 unspecified atom stereocenters. The van der Waals surface area contributed by atoms with E-state index in [0.29, 0.717) is 13.2 Å². The van der Waals surface area contributed by atoms with Gasteiger partial charge < -0.3 is 9.84 Å². The van der Waals surface area contributed by atoms with Gasteiger partial charge in [0.15, 0.2) is 11.6 Å². The predicted octanol–water partition coefficient (Wildman–Crippen LogP) is 1.94. The summed E-state index contributed by atoms with van der Waals surface area (Å²) in [6, 6.07) is 4.04. The minimum Gasteiger partial charge on any atom is -0.394 e. The van der Waals surface area contributed by atoms with E-state index >= 15 is 0 Å². The number of ether oxygens (including phenoxy) is 1. The van der Waals surface area contributed by atoms with Crippen LogP contribution in [-0.2, 0) is 11.3 Å². The van der Waals surface area contributed by atoms with Crippen molar-refractivity contribution in [1.29, 1.82) is 0 Å². The molecule has 1 aliphatic rings. The summed E-state index contributed by atoms with van der Waals surface area (Å²) >= 11 is 0. The minimum atomic E-state index is -0.806. The molecular formula is C14H19F2NO2. The highest BCUT2D eigenvalue weighted by molar-refractivity contribution is 5.17. The largest absolute Gasteiger partial charge is 0.394 e. The van der Waals surface area contributed by atoms with Crippen molar-refractivity contribution >= 4 is 0 Å². The van der Waals surface area contributed by atoms with E-state index < -0.39 is 11.6 Å². The standard InChI is InChI=1S/C14H19F2NO2/c15-13-2-1-11(9-14(13)16)10-17-5-3-12(4-6-17)19-8-7-18/h1-2,9,12,18H,3-8,10H2. The van der Waals surface area contributed by atoms with Gasteiger partial charge in [-0.3, -0.25) is 4.90 Å². The highest BCUT2D eigenvalue weighted by atomic mass is 19.2. The number of nitrogens with zero attached hydrogens (tertiary/aromatic N) is 1. The third-order valence-corrected chi connectivity index (χ3v) is 3.37. The number of benzene rings is 1. The van der Waals surface area contributed by atoms with Crippen LogP contribution < -0.4 is 0 Å². The summed E-state index contributed by atoms with van der Waals surface area (Å²) in [5.74, 6) is -1.60. The van der Waals surface area contributed by atoms with Crippen LogP contribution in [0.3, 0.4) is 0 Å². The second-order valence-electron chi connectivity index (χ2n) is 4.82. The molecule has 0 aliphatic carbocycles. The van der Waals surface area contributed by atoms with Gasteiger partial charge in [0, 0.05) is 19.6 Å². The van der Waals surface area contributed by atoms with Crippen LogP contribution in [0.2, 0.25) is 0 Å². The second-order valence-corrected chi connectivity index (χ2v) is 4.82. The number of hydrogen-bond donors (Lipinski definition) is 1. The lowest BCUT2D eigenvalue weighted by Crippen LogP contribution is -2.36. The summed E-state index contributed by atoms with van der Waals surface area (Å²) in [5, 5.41) is 8.69. The molecule has 1 heterocycles. The molecular weight excluding hydrogens is 252 g/mol. The molecule has 1 aromatic carbocycles. The summed E-state index contributed by atoms with van der Waals surface area (Å²) < 4.78 is 31.4. The van der Waals surface area contributed by atoms with Crippen LogP contribution >= 0.6 is 0 Å². The highest BCUT2D eigenvalue weighted by Gasteiger charge is 2.19. The van der Waals surface area contributed by atoms with E-state index in [-0.39, 0.29) is 12.7 Å². The average molecular weight is 271 g/mol. The number of rotatable bonds is 5. The van der Waals surface area contributed by atoms with E-state index in [9.17, 15) is 8.78 Å². The Morgan fingerprint density at radius 1 is 1.21 bits per heavy atom. The van der Waals surface area contributed by atoms with E-state index in [4.69, 9.17) is 9.84 Å². The van der Waals surface area contributed by atoms with Crippen molar-refractivity contribution in [2.75, 3.05) is 26.3 Å². The molecule has 1 aromatic rings. The normalized spacial score (nSPS) is 17.8. The third-order valence-electron chi connectivity index (χ3n) is 3.37. The molecule has 1 N–H and O–H groups in total. The Bertz CT molecular complexity index is 406. The molecule has 1 saturated heterocycles. The first-order chi connectivity index (χ1) is 9.19. The molecule has 0 spiro atoms. The number of likely N-dealkylation sites (tertiary alicyclic amines) is 1. The van der Waals surface area contributed by atoms with Crippen LogP contribution in [0.4, 0.5) is 8.78 Å². The van der Waals surface area contributed by atoms with Crippen molar-refractivity contribution in [3.8, 4) is 0 Å². The van der Waals surface area contributed by atoms with Crippen LogP contribution in [0, 0.1) is 11.6 Å². The van der Waals surface area contributed by atoms with Gasteiger partial charge >= 0.3 is 0 Å². The summed E-state index contributed by atoms with van der Waals surface area (Å²) in [5.41, 5.74) is 0.786. The highest BCUT2D eigenvalue weighted by Crippen LogP contribution is 2.17. The van der Waals surface area contributed by atoms with Gasteiger partial charge in [0.25, 0.3) is 0 Å². The first-order valence-electron chi connectivity index (χ1n) is 6.58. The van der Waals surface area contributed by atoms with Crippen molar-refractivity contribution in [2.24, 2.45) is 0 Å². The lowest BCUT2D eigenvalue weighted by molar-refractivity contribution is -0.00902. The fraction of sp³-hybridized carbons (Fsp3) is 0.571. The zero-order valence-electron chi connectivity index (χ0n) is 10.8. The maximum absolute atomic E-state index is 13.1. The lowest BCUT2D eigenvalue weighted by atomic mass is 10.1. The van der Waals surface area contributed by atoms with E-state index in [2.05, 4.69) is 4.90 Å².